The van der Waals surface area contributed by atoms with Gasteiger partial charge in [-0.05, 0) is 12.1 Å². The molecule has 0 saturated carbocycles. The third kappa shape index (κ3) is 4.22. The average Bonchev–Trinajstić information content (AvgIpc) is 3.07. The van der Waals surface area contributed by atoms with Crippen LogP contribution in [0.25, 0.3) is 10.9 Å². The van der Waals surface area contributed by atoms with E-state index in [1.54, 1.807) is 36.4 Å². The van der Waals surface area contributed by atoms with E-state index in [1.165, 1.54) is 14.2 Å². The molecule has 0 atom stereocenters. The van der Waals surface area contributed by atoms with Gasteiger partial charge in [-0.15, -0.1) is 6.42 Å². The number of carbonyl (C=O) groups is 1. The second-order valence-electron chi connectivity index (χ2n) is 5.45. The number of hydrogen-bond acceptors (Lipinski definition) is 5. The van der Waals surface area contributed by atoms with E-state index in [1.807, 2.05) is 0 Å². The molecule has 0 aliphatic rings. The second-order valence-corrected chi connectivity index (χ2v) is 5.45. The van der Waals surface area contributed by atoms with Crippen LogP contribution in [0.3, 0.4) is 0 Å². The molecule has 0 unspecified atom stereocenters. The molecular formula is C19H18N4O4. The molecule has 2 amide bonds. The number of nitrogens with one attached hydrogen (secondary N) is 3. The van der Waals surface area contributed by atoms with Gasteiger partial charge in [-0.25, -0.2) is 4.79 Å². The van der Waals surface area contributed by atoms with Crippen LogP contribution >= 0.6 is 0 Å². The molecule has 1 aromatic heterocycles. The van der Waals surface area contributed by atoms with E-state index in [0.717, 1.165) is 5.39 Å². The number of aromatic amines is 1. The Morgan fingerprint density at radius 2 is 1.85 bits per heavy atom. The van der Waals surface area contributed by atoms with Crippen LogP contribution in [0.15, 0.2) is 36.4 Å². The molecule has 3 N–H and O–H groups in total. The van der Waals surface area contributed by atoms with Crippen LogP contribution in [0.4, 0.5) is 16.3 Å². The zero-order valence-corrected chi connectivity index (χ0v) is 14.8. The summed E-state index contributed by atoms with van der Waals surface area (Å²) in [5.74, 6) is 4.54. The smallest absolute Gasteiger partial charge is 0.324 e. The van der Waals surface area contributed by atoms with Crippen LogP contribution in [-0.2, 0) is 0 Å². The zero-order valence-electron chi connectivity index (χ0n) is 14.8. The summed E-state index contributed by atoms with van der Waals surface area (Å²) in [4.78, 5) is 12.3. The van der Waals surface area contributed by atoms with Gasteiger partial charge >= 0.3 is 6.03 Å². The van der Waals surface area contributed by atoms with Gasteiger partial charge in [0.15, 0.2) is 5.82 Å². The highest BCUT2D eigenvalue weighted by Crippen LogP contribution is 2.27. The van der Waals surface area contributed by atoms with Gasteiger partial charge in [-0.1, -0.05) is 5.92 Å². The summed E-state index contributed by atoms with van der Waals surface area (Å²) in [5, 5.41) is 13.1. The Morgan fingerprint density at radius 3 is 2.52 bits per heavy atom. The molecule has 0 fully saturated rings. The number of anilines is 2. The monoisotopic (exact) mass is 366 g/mol. The first kappa shape index (κ1) is 17.9. The molecule has 0 spiro atoms. The molecule has 0 aliphatic heterocycles. The SMILES string of the molecule is C#CCOc1ccc2c(NC(=O)Nc3cc(OC)cc(OC)c3)n[nH]c2c1. The Morgan fingerprint density at radius 1 is 1.11 bits per heavy atom. The van der Waals surface area contributed by atoms with Crippen molar-refractivity contribution in [2.24, 2.45) is 0 Å². The van der Waals surface area contributed by atoms with Gasteiger partial charge < -0.3 is 19.5 Å². The number of terminal acetylenes is 1. The molecule has 2 aromatic carbocycles. The number of ether oxygens (including phenoxy) is 3. The lowest BCUT2D eigenvalue weighted by Crippen LogP contribution is -2.19. The van der Waals surface area contributed by atoms with Gasteiger partial charge in [0.05, 0.1) is 19.7 Å². The van der Waals surface area contributed by atoms with Crippen molar-refractivity contribution in [2.75, 3.05) is 31.5 Å². The molecule has 27 heavy (non-hydrogen) atoms. The van der Waals surface area contributed by atoms with Gasteiger partial charge in [-0.2, -0.15) is 5.10 Å². The summed E-state index contributed by atoms with van der Waals surface area (Å²) in [5.41, 5.74) is 1.23. The minimum atomic E-state index is -0.452. The molecular weight excluding hydrogens is 348 g/mol. The number of methoxy groups -OCH3 is 2. The predicted molar refractivity (Wildman–Crippen MR) is 103 cm³/mol. The van der Waals surface area contributed by atoms with Gasteiger partial charge in [0.1, 0.15) is 23.9 Å². The molecule has 0 aliphatic carbocycles. The first-order valence-electron chi connectivity index (χ1n) is 7.98. The zero-order chi connectivity index (χ0) is 19.2. The normalized spacial score (nSPS) is 10.1. The summed E-state index contributed by atoms with van der Waals surface area (Å²) in [6, 6.07) is 9.92. The molecule has 8 heteroatoms. The van der Waals surface area contributed by atoms with Gasteiger partial charge in [0.2, 0.25) is 0 Å². The molecule has 0 bridgehead atoms. The third-order valence-corrected chi connectivity index (χ3v) is 3.70. The topological polar surface area (TPSA) is 97.5 Å². The molecule has 0 saturated heterocycles. The maximum Gasteiger partial charge on any atom is 0.324 e. The number of hydrogen-bond donors (Lipinski definition) is 3. The van der Waals surface area contributed by atoms with Crippen molar-refractivity contribution in [1.29, 1.82) is 0 Å². The Bertz CT molecular complexity index is 984. The van der Waals surface area contributed by atoms with Crippen molar-refractivity contribution in [3.05, 3.63) is 36.4 Å². The summed E-state index contributed by atoms with van der Waals surface area (Å²) in [6.07, 6.45) is 5.18. The summed E-state index contributed by atoms with van der Waals surface area (Å²) >= 11 is 0. The lowest BCUT2D eigenvalue weighted by Gasteiger charge is -2.10. The summed E-state index contributed by atoms with van der Waals surface area (Å²) in [6.45, 7) is 0.178. The van der Waals surface area contributed by atoms with E-state index in [4.69, 9.17) is 20.6 Å². The highest BCUT2D eigenvalue weighted by atomic mass is 16.5. The van der Waals surface area contributed by atoms with Crippen LogP contribution in [0.2, 0.25) is 0 Å². The van der Waals surface area contributed by atoms with Crippen molar-refractivity contribution in [3.63, 3.8) is 0 Å². The number of urea groups is 1. The molecule has 138 valence electrons. The molecule has 3 rings (SSSR count). The first-order chi connectivity index (χ1) is 13.1. The van der Waals surface area contributed by atoms with Crippen molar-refractivity contribution in [1.82, 2.24) is 10.2 Å². The molecule has 3 aromatic rings. The number of rotatable bonds is 6. The fourth-order valence-electron chi connectivity index (χ4n) is 2.46. The average molecular weight is 366 g/mol. The third-order valence-electron chi connectivity index (χ3n) is 3.70. The number of fused-ring (bicyclic) bond motifs is 1. The minimum Gasteiger partial charge on any atom is -0.497 e. The van der Waals surface area contributed by atoms with Crippen molar-refractivity contribution in [3.8, 4) is 29.6 Å². The highest BCUT2D eigenvalue weighted by molar-refractivity contribution is 6.04. The van der Waals surface area contributed by atoms with Crippen LogP contribution < -0.4 is 24.8 Å². The van der Waals surface area contributed by atoms with Gasteiger partial charge in [-0.3, -0.25) is 10.4 Å². The van der Waals surface area contributed by atoms with E-state index in [0.29, 0.717) is 34.3 Å². The second kappa shape index (κ2) is 8.01. The van der Waals surface area contributed by atoms with Gasteiger partial charge in [0, 0.05) is 35.3 Å². The van der Waals surface area contributed by atoms with E-state index in [2.05, 4.69) is 26.8 Å². The maximum atomic E-state index is 12.3. The Hall–Kier alpha value is -3.86. The van der Waals surface area contributed by atoms with E-state index in [9.17, 15) is 4.79 Å². The van der Waals surface area contributed by atoms with E-state index >= 15 is 0 Å². The lowest BCUT2D eigenvalue weighted by molar-refractivity contribution is 0.262. The number of nitrogens with zero attached hydrogens (tertiary/aromatic N) is 1. The Kier molecular flexibility index (Phi) is 5.33. The molecule has 8 nitrogen and oxygen atoms in total. The molecule has 0 radical (unpaired) electrons. The van der Waals surface area contributed by atoms with Crippen molar-refractivity contribution in [2.45, 2.75) is 0 Å². The number of benzene rings is 2. The number of amides is 2. The van der Waals surface area contributed by atoms with Crippen molar-refractivity contribution < 1.29 is 19.0 Å². The van der Waals surface area contributed by atoms with E-state index < -0.39 is 6.03 Å². The standard InChI is InChI=1S/C19H18N4O4/c1-4-7-27-13-5-6-16-17(11-13)22-23-18(16)21-19(24)20-12-8-14(25-2)10-15(9-12)26-3/h1,5-6,8-11H,7H2,2-3H3,(H3,20,21,22,23,24). The Balaban J connectivity index is 1.73. The predicted octanol–water partition coefficient (Wildman–Crippen LogP) is 3.24. The maximum absolute atomic E-state index is 12.3. The fourth-order valence-corrected chi connectivity index (χ4v) is 2.46. The van der Waals surface area contributed by atoms with Gasteiger partial charge in [0.25, 0.3) is 0 Å². The van der Waals surface area contributed by atoms with Crippen LogP contribution in [0.1, 0.15) is 0 Å². The quantitative estimate of drug-likeness (QED) is 0.582. The van der Waals surface area contributed by atoms with Crippen LogP contribution in [0.5, 0.6) is 17.2 Å². The minimum absolute atomic E-state index is 0.178. The number of aromatic nitrogens is 2. The largest absolute Gasteiger partial charge is 0.497 e. The Labute approximate surface area is 155 Å². The highest BCUT2D eigenvalue weighted by Gasteiger charge is 2.11. The van der Waals surface area contributed by atoms with Crippen molar-refractivity contribution >= 4 is 28.4 Å². The number of carbonyl (C=O) groups excluding carboxylic acids is 1. The van der Waals surface area contributed by atoms with Crippen LogP contribution in [-0.4, -0.2) is 37.1 Å². The fraction of sp³-hybridized carbons (Fsp3) is 0.158. The number of H-pyrrole nitrogens is 1. The van der Waals surface area contributed by atoms with E-state index in [-0.39, 0.29) is 6.61 Å². The van der Waals surface area contributed by atoms with Crippen LogP contribution in [0, 0.1) is 12.3 Å². The lowest BCUT2D eigenvalue weighted by atomic mass is 10.2. The summed E-state index contributed by atoms with van der Waals surface area (Å²) in [7, 11) is 3.08. The summed E-state index contributed by atoms with van der Waals surface area (Å²) < 4.78 is 15.7. The molecule has 1 heterocycles. The first-order valence-corrected chi connectivity index (χ1v) is 7.98.